The minimum atomic E-state index is 0.884. The van der Waals surface area contributed by atoms with Gasteiger partial charge in [-0.05, 0) is 62.1 Å². The minimum Gasteiger partial charge on any atom is -0.381 e. The number of rotatable bonds is 3. The van der Waals surface area contributed by atoms with Crippen LogP contribution < -0.4 is 5.32 Å². The lowest BCUT2D eigenvalue weighted by atomic mass is 10.1. The second kappa shape index (κ2) is 5.26. The van der Waals surface area contributed by atoms with Gasteiger partial charge in [0.15, 0.2) is 0 Å². The Morgan fingerprint density at radius 3 is 2.22 bits per heavy atom. The first-order chi connectivity index (χ1) is 8.56. The smallest absolute Gasteiger partial charge is 0.0403 e. The zero-order valence-electron chi connectivity index (χ0n) is 11.7. The molecule has 18 heavy (non-hydrogen) atoms. The van der Waals surface area contributed by atoms with E-state index in [-0.39, 0.29) is 0 Å². The first kappa shape index (κ1) is 12.7. The average molecular weight is 239 g/mol. The van der Waals surface area contributed by atoms with Crippen LogP contribution >= 0.6 is 0 Å². The fourth-order valence-electron chi connectivity index (χ4n) is 2.09. The molecule has 94 valence electrons. The van der Waals surface area contributed by atoms with E-state index < -0.39 is 0 Å². The van der Waals surface area contributed by atoms with Gasteiger partial charge in [-0.2, -0.15) is 0 Å². The molecule has 0 radical (unpaired) electrons. The third-order valence-electron chi connectivity index (χ3n) is 3.49. The van der Waals surface area contributed by atoms with Crippen molar-refractivity contribution < 1.29 is 0 Å². The van der Waals surface area contributed by atoms with E-state index in [0.29, 0.717) is 0 Å². The van der Waals surface area contributed by atoms with Gasteiger partial charge >= 0.3 is 0 Å². The van der Waals surface area contributed by atoms with Gasteiger partial charge in [0.1, 0.15) is 0 Å². The molecule has 0 spiro atoms. The van der Waals surface area contributed by atoms with Crippen LogP contribution in [0.2, 0.25) is 0 Å². The summed E-state index contributed by atoms with van der Waals surface area (Å²) in [6, 6.07) is 13.1. The van der Waals surface area contributed by atoms with E-state index in [0.717, 1.165) is 6.54 Å². The van der Waals surface area contributed by atoms with Gasteiger partial charge in [0, 0.05) is 12.2 Å². The van der Waals surface area contributed by atoms with E-state index in [4.69, 9.17) is 0 Å². The summed E-state index contributed by atoms with van der Waals surface area (Å²) in [5, 5.41) is 3.49. The van der Waals surface area contributed by atoms with E-state index in [2.05, 4.69) is 69.4 Å². The Labute approximate surface area is 110 Å². The summed E-state index contributed by atoms with van der Waals surface area (Å²) >= 11 is 0. The summed E-state index contributed by atoms with van der Waals surface area (Å²) in [7, 11) is 0. The highest BCUT2D eigenvalue weighted by molar-refractivity contribution is 5.49. The Kier molecular flexibility index (Phi) is 3.71. The normalized spacial score (nSPS) is 10.4. The second-order valence-electron chi connectivity index (χ2n) is 5.08. The van der Waals surface area contributed by atoms with Crippen molar-refractivity contribution in [3.63, 3.8) is 0 Å². The maximum atomic E-state index is 3.49. The molecule has 0 amide bonds. The maximum Gasteiger partial charge on any atom is 0.0403 e. The molecule has 0 fully saturated rings. The molecule has 0 aliphatic heterocycles. The van der Waals surface area contributed by atoms with Crippen molar-refractivity contribution >= 4 is 5.69 Å². The third-order valence-corrected chi connectivity index (χ3v) is 3.49. The number of anilines is 1. The molecule has 1 heteroatoms. The van der Waals surface area contributed by atoms with Gasteiger partial charge in [0.2, 0.25) is 0 Å². The van der Waals surface area contributed by atoms with E-state index in [9.17, 15) is 0 Å². The van der Waals surface area contributed by atoms with Crippen LogP contribution in [0.25, 0.3) is 0 Å². The fourth-order valence-corrected chi connectivity index (χ4v) is 2.09. The van der Waals surface area contributed by atoms with Crippen molar-refractivity contribution in [2.75, 3.05) is 5.32 Å². The quantitative estimate of drug-likeness (QED) is 0.829. The van der Waals surface area contributed by atoms with E-state index in [1.54, 1.807) is 0 Å². The molecule has 0 aliphatic carbocycles. The van der Waals surface area contributed by atoms with Crippen LogP contribution in [0, 0.1) is 27.7 Å². The van der Waals surface area contributed by atoms with Gasteiger partial charge in [0.25, 0.3) is 0 Å². The molecule has 2 aromatic rings. The Bertz CT molecular complexity index is 556. The highest BCUT2D eigenvalue weighted by Gasteiger charge is 2.00. The van der Waals surface area contributed by atoms with Crippen molar-refractivity contribution in [2.24, 2.45) is 0 Å². The average Bonchev–Trinajstić information content (AvgIpc) is 2.32. The molecular formula is C17H21N. The maximum absolute atomic E-state index is 3.49. The Balaban J connectivity index is 2.09. The zero-order chi connectivity index (χ0) is 13.1. The molecule has 0 bridgehead atoms. The van der Waals surface area contributed by atoms with E-state index in [1.807, 2.05) is 0 Å². The van der Waals surface area contributed by atoms with Gasteiger partial charge in [-0.3, -0.25) is 0 Å². The topological polar surface area (TPSA) is 12.0 Å². The lowest BCUT2D eigenvalue weighted by Gasteiger charge is -2.11. The summed E-state index contributed by atoms with van der Waals surface area (Å²) in [4.78, 5) is 0. The van der Waals surface area contributed by atoms with Crippen LogP contribution in [0.1, 0.15) is 27.8 Å². The van der Waals surface area contributed by atoms with Crippen LogP contribution in [0.5, 0.6) is 0 Å². The molecule has 0 aliphatic rings. The van der Waals surface area contributed by atoms with Crippen LogP contribution in [0.15, 0.2) is 36.4 Å². The molecule has 0 saturated heterocycles. The standard InChI is InChI=1S/C17H21N/c1-12-5-7-16(15(4)9-12)11-18-17-8-6-13(2)14(3)10-17/h5-10,18H,11H2,1-4H3. The van der Waals surface area contributed by atoms with Crippen molar-refractivity contribution in [1.82, 2.24) is 0 Å². The molecule has 1 nitrogen and oxygen atoms in total. The minimum absolute atomic E-state index is 0.884. The third kappa shape index (κ3) is 2.92. The van der Waals surface area contributed by atoms with Gasteiger partial charge in [0.05, 0.1) is 0 Å². The lowest BCUT2D eigenvalue weighted by Crippen LogP contribution is -2.02. The summed E-state index contributed by atoms with van der Waals surface area (Å²) < 4.78 is 0. The predicted octanol–water partition coefficient (Wildman–Crippen LogP) is 4.53. The highest BCUT2D eigenvalue weighted by Crippen LogP contribution is 2.16. The lowest BCUT2D eigenvalue weighted by molar-refractivity contribution is 1.11. The summed E-state index contributed by atoms with van der Waals surface area (Å²) in [5.74, 6) is 0. The fraction of sp³-hybridized carbons (Fsp3) is 0.294. The molecule has 2 rings (SSSR count). The van der Waals surface area contributed by atoms with Crippen LogP contribution in [0.3, 0.4) is 0 Å². The molecular weight excluding hydrogens is 218 g/mol. The number of hydrogen-bond acceptors (Lipinski definition) is 1. The van der Waals surface area contributed by atoms with Gasteiger partial charge in [-0.15, -0.1) is 0 Å². The van der Waals surface area contributed by atoms with Crippen molar-refractivity contribution in [3.8, 4) is 0 Å². The molecule has 0 aromatic heterocycles. The molecule has 0 heterocycles. The Morgan fingerprint density at radius 1 is 0.778 bits per heavy atom. The largest absolute Gasteiger partial charge is 0.381 e. The summed E-state index contributed by atoms with van der Waals surface area (Å²) in [6.45, 7) is 9.48. The first-order valence-electron chi connectivity index (χ1n) is 6.43. The molecule has 0 unspecified atom stereocenters. The number of nitrogens with one attached hydrogen (secondary N) is 1. The molecule has 0 saturated carbocycles. The van der Waals surface area contributed by atoms with E-state index >= 15 is 0 Å². The highest BCUT2D eigenvalue weighted by atomic mass is 14.9. The zero-order valence-corrected chi connectivity index (χ0v) is 11.7. The van der Waals surface area contributed by atoms with Gasteiger partial charge in [-0.1, -0.05) is 29.8 Å². The molecule has 1 N–H and O–H groups in total. The Morgan fingerprint density at radius 2 is 1.56 bits per heavy atom. The van der Waals surface area contributed by atoms with Crippen LogP contribution in [-0.4, -0.2) is 0 Å². The SMILES string of the molecule is Cc1ccc(CNc2ccc(C)c(C)c2)c(C)c1. The summed E-state index contributed by atoms with van der Waals surface area (Å²) in [5.41, 5.74) is 7.90. The molecule has 0 atom stereocenters. The van der Waals surface area contributed by atoms with Crippen molar-refractivity contribution in [3.05, 3.63) is 64.2 Å². The van der Waals surface area contributed by atoms with Crippen LogP contribution in [-0.2, 0) is 6.54 Å². The predicted molar refractivity (Wildman–Crippen MR) is 79.2 cm³/mol. The van der Waals surface area contributed by atoms with Crippen molar-refractivity contribution in [2.45, 2.75) is 34.2 Å². The van der Waals surface area contributed by atoms with Gasteiger partial charge < -0.3 is 5.32 Å². The first-order valence-corrected chi connectivity index (χ1v) is 6.43. The number of hydrogen-bond donors (Lipinski definition) is 1. The van der Waals surface area contributed by atoms with E-state index in [1.165, 1.54) is 33.5 Å². The summed E-state index contributed by atoms with van der Waals surface area (Å²) in [6.07, 6.45) is 0. The monoisotopic (exact) mass is 239 g/mol. The number of aryl methyl sites for hydroxylation is 4. The Hall–Kier alpha value is -1.76. The molecule has 2 aromatic carbocycles. The number of benzene rings is 2. The van der Waals surface area contributed by atoms with Gasteiger partial charge in [-0.25, -0.2) is 0 Å². The second-order valence-corrected chi connectivity index (χ2v) is 5.08. The van der Waals surface area contributed by atoms with Crippen LogP contribution in [0.4, 0.5) is 5.69 Å². The van der Waals surface area contributed by atoms with Crippen molar-refractivity contribution in [1.29, 1.82) is 0 Å².